The Morgan fingerprint density at radius 3 is 2.29 bits per heavy atom. The highest BCUT2D eigenvalue weighted by atomic mass is 35.5. The van der Waals surface area contributed by atoms with Gasteiger partial charge >= 0.3 is 0 Å². The van der Waals surface area contributed by atoms with Crippen LogP contribution in [0.4, 0.5) is 0 Å². The third kappa shape index (κ3) is 4.58. The quantitative estimate of drug-likeness (QED) is 0.366. The van der Waals surface area contributed by atoms with E-state index in [1.165, 1.54) is 6.33 Å². The fourth-order valence-corrected chi connectivity index (χ4v) is 3.66. The van der Waals surface area contributed by atoms with Gasteiger partial charge in [-0.2, -0.15) is 0 Å². The third-order valence-electron chi connectivity index (χ3n) is 4.78. The van der Waals surface area contributed by atoms with E-state index < -0.39 is 0 Å². The zero-order valence-corrected chi connectivity index (χ0v) is 18.1. The minimum atomic E-state index is 0.0382. The summed E-state index contributed by atoms with van der Waals surface area (Å²) in [6, 6.07) is 17.9. The first kappa shape index (κ1) is 21.0. The number of aromatic hydroxyl groups is 1. The van der Waals surface area contributed by atoms with Crippen LogP contribution in [0, 0.1) is 0 Å². The summed E-state index contributed by atoms with van der Waals surface area (Å²) in [5, 5.41) is 11.7. The van der Waals surface area contributed by atoms with E-state index in [2.05, 4.69) is 9.97 Å². The number of phenols is 1. The number of ether oxygens (including phenoxy) is 2. The summed E-state index contributed by atoms with van der Waals surface area (Å²) in [6.45, 7) is 0.182. The molecule has 1 aromatic heterocycles. The largest absolute Gasteiger partial charge is 0.507 e. The predicted octanol–water partition coefficient (Wildman–Crippen LogP) is 6.41. The lowest BCUT2D eigenvalue weighted by atomic mass is 10.00. The molecule has 0 saturated heterocycles. The molecule has 7 heteroatoms. The first-order chi connectivity index (χ1) is 15.1. The van der Waals surface area contributed by atoms with E-state index in [-0.39, 0.29) is 12.4 Å². The minimum absolute atomic E-state index is 0.0382. The Morgan fingerprint density at radius 1 is 0.903 bits per heavy atom. The van der Waals surface area contributed by atoms with Crippen molar-refractivity contribution in [1.82, 2.24) is 9.97 Å². The van der Waals surface area contributed by atoms with Crippen molar-refractivity contribution in [3.05, 3.63) is 88.8 Å². The van der Waals surface area contributed by atoms with Crippen LogP contribution in [0.25, 0.3) is 22.4 Å². The standard InChI is InChI=1S/C24H18Cl2N2O3/c1-30-16-7-5-15(6-8-16)19-12-27-14-28-24(19)18-10-9-17(11-23(18)29)31-13-20-21(25)3-2-4-22(20)26/h2-12,14,29H,13H2,1H3. The number of phenolic OH excluding ortho intramolecular Hbond substituents is 1. The van der Waals surface area contributed by atoms with Gasteiger partial charge in [-0.25, -0.2) is 9.97 Å². The van der Waals surface area contributed by atoms with Crippen molar-refractivity contribution >= 4 is 23.2 Å². The molecule has 156 valence electrons. The fourth-order valence-electron chi connectivity index (χ4n) is 3.15. The molecular weight excluding hydrogens is 435 g/mol. The molecule has 0 aliphatic rings. The lowest BCUT2D eigenvalue weighted by Gasteiger charge is -2.13. The first-order valence-corrected chi connectivity index (χ1v) is 10.2. The second kappa shape index (κ2) is 9.25. The molecule has 0 aliphatic carbocycles. The normalized spacial score (nSPS) is 10.7. The average Bonchev–Trinajstić information content (AvgIpc) is 2.79. The van der Waals surface area contributed by atoms with Crippen LogP contribution in [0.15, 0.2) is 73.2 Å². The van der Waals surface area contributed by atoms with Crippen molar-refractivity contribution in [3.8, 4) is 39.6 Å². The second-order valence-electron chi connectivity index (χ2n) is 6.68. The van der Waals surface area contributed by atoms with Crippen LogP contribution in [-0.4, -0.2) is 22.2 Å². The molecule has 0 atom stereocenters. The molecule has 0 spiro atoms. The lowest BCUT2D eigenvalue weighted by Crippen LogP contribution is -1.98. The van der Waals surface area contributed by atoms with Crippen molar-refractivity contribution in [2.75, 3.05) is 7.11 Å². The van der Waals surface area contributed by atoms with E-state index in [0.717, 1.165) is 16.9 Å². The Hall–Kier alpha value is -3.28. The monoisotopic (exact) mass is 452 g/mol. The molecule has 1 heterocycles. The van der Waals surface area contributed by atoms with Gasteiger partial charge in [0.2, 0.25) is 0 Å². The van der Waals surface area contributed by atoms with Crippen molar-refractivity contribution < 1.29 is 14.6 Å². The number of halogens is 2. The highest BCUT2D eigenvalue weighted by Crippen LogP contribution is 2.37. The molecule has 0 bridgehead atoms. The molecule has 0 aliphatic heterocycles. The maximum Gasteiger partial charge on any atom is 0.128 e. The van der Waals surface area contributed by atoms with Crippen LogP contribution in [0.2, 0.25) is 10.0 Å². The van der Waals surface area contributed by atoms with Crippen LogP contribution in [0.3, 0.4) is 0 Å². The van der Waals surface area contributed by atoms with E-state index in [4.69, 9.17) is 32.7 Å². The third-order valence-corrected chi connectivity index (χ3v) is 5.49. The van der Waals surface area contributed by atoms with E-state index in [9.17, 15) is 5.11 Å². The Balaban J connectivity index is 1.61. The summed E-state index contributed by atoms with van der Waals surface area (Å²) < 4.78 is 11.0. The van der Waals surface area contributed by atoms with Gasteiger partial charge in [-0.3, -0.25) is 0 Å². The fraction of sp³-hybridized carbons (Fsp3) is 0.0833. The predicted molar refractivity (Wildman–Crippen MR) is 122 cm³/mol. The summed E-state index contributed by atoms with van der Waals surface area (Å²) >= 11 is 12.4. The summed E-state index contributed by atoms with van der Waals surface area (Å²) in [4.78, 5) is 8.54. The Bertz CT molecular complexity index is 1190. The number of aromatic nitrogens is 2. The van der Waals surface area contributed by atoms with Crippen LogP contribution in [0.5, 0.6) is 17.2 Å². The van der Waals surface area contributed by atoms with E-state index in [1.54, 1.807) is 49.7 Å². The molecule has 0 unspecified atom stereocenters. The molecule has 31 heavy (non-hydrogen) atoms. The van der Waals surface area contributed by atoms with Crippen LogP contribution in [0.1, 0.15) is 5.56 Å². The van der Waals surface area contributed by atoms with Gasteiger partial charge in [-0.1, -0.05) is 41.4 Å². The van der Waals surface area contributed by atoms with Crippen molar-refractivity contribution in [2.45, 2.75) is 6.61 Å². The van der Waals surface area contributed by atoms with Crippen molar-refractivity contribution in [2.24, 2.45) is 0 Å². The maximum absolute atomic E-state index is 10.7. The topological polar surface area (TPSA) is 64.5 Å². The molecule has 1 N–H and O–H groups in total. The number of hydrogen-bond acceptors (Lipinski definition) is 5. The molecule has 3 aromatic carbocycles. The maximum atomic E-state index is 10.7. The zero-order valence-electron chi connectivity index (χ0n) is 16.5. The number of nitrogens with zero attached hydrogens (tertiary/aromatic N) is 2. The average molecular weight is 453 g/mol. The number of rotatable bonds is 6. The van der Waals surface area contributed by atoms with Crippen LogP contribution >= 0.6 is 23.2 Å². The molecule has 0 saturated carbocycles. The first-order valence-electron chi connectivity index (χ1n) is 9.40. The summed E-state index contributed by atoms with van der Waals surface area (Å²) in [5.74, 6) is 1.28. The molecular formula is C24H18Cl2N2O3. The zero-order chi connectivity index (χ0) is 21.8. The van der Waals surface area contributed by atoms with Crippen molar-refractivity contribution in [1.29, 1.82) is 0 Å². The number of hydrogen-bond donors (Lipinski definition) is 1. The van der Waals surface area contributed by atoms with Gasteiger partial charge in [-0.05, 0) is 42.0 Å². The van der Waals surface area contributed by atoms with E-state index in [0.29, 0.717) is 32.6 Å². The molecule has 4 aromatic rings. The van der Waals surface area contributed by atoms with Gasteiger partial charge in [-0.15, -0.1) is 0 Å². The molecule has 0 amide bonds. The molecule has 0 fully saturated rings. The summed E-state index contributed by atoms with van der Waals surface area (Å²) in [5.41, 5.74) is 3.56. The summed E-state index contributed by atoms with van der Waals surface area (Å²) in [6.07, 6.45) is 3.17. The second-order valence-corrected chi connectivity index (χ2v) is 7.50. The Morgan fingerprint density at radius 2 is 1.61 bits per heavy atom. The number of benzene rings is 3. The van der Waals surface area contributed by atoms with Gasteiger partial charge < -0.3 is 14.6 Å². The Kier molecular flexibility index (Phi) is 6.26. The van der Waals surface area contributed by atoms with Gasteiger partial charge in [0.15, 0.2) is 0 Å². The van der Waals surface area contributed by atoms with Crippen LogP contribution in [-0.2, 0) is 6.61 Å². The molecule has 5 nitrogen and oxygen atoms in total. The Labute approximate surface area is 189 Å². The minimum Gasteiger partial charge on any atom is -0.507 e. The van der Waals surface area contributed by atoms with E-state index in [1.807, 2.05) is 24.3 Å². The smallest absolute Gasteiger partial charge is 0.128 e. The van der Waals surface area contributed by atoms with Gasteiger partial charge in [0, 0.05) is 39.0 Å². The molecule has 4 rings (SSSR count). The van der Waals surface area contributed by atoms with Crippen molar-refractivity contribution in [3.63, 3.8) is 0 Å². The highest BCUT2D eigenvalue weighted by Gasteiger charge is 2.14. The van der Waals surface area contributed by atoms with Crippen LogP contribution < -0.4 is 9.47 Å². The SMILES string of the molecule is COc1ccc(-c2cncnc2-c2ccc(OCc3c(Cl)cccc3Cl)cc2O)cc1. The van der Waals surface area contributed by atoms with E-state index >= 15 is 0 Å². The van der Waals surface area contributed by atoms with Gasteiger partial charge in [0.05, 0.1) is 12.8 Å². The van der Waals surface area contributed by atoms with Gasteiger partial charge in [0.1, 0.15) is 30.2 Å². The number of methoxy groups -OCH3 is 1. The lowest BCUT2D eigenvalue weighted by molar-refractivity contribution is 0.304. The molecule has 0 radical (unpaired) electrons. The van der Waals surface area contributed by atoms with Gasteiger partial charge in [0.25, 0.3) is 0 Å². The highest BCUT2D eigenvalue weighted by molar-refractivity contribution is 6.35. The summed E-state index contributed by atoms with van der Waals surface area (Å²) in [7, 11) is 1.62.